The molecule has 0 bridgehead atoms. The first-order valence-electron chi connectivity index (χ1n) is 15.3. The molecule has 0 heterocycles. The topological polar surface area (TPSA) is 71.1 Å². The molecule has 264 valence electrons. The second-order valence-corrected chi connectivity index (χ2v) is 10.6. The third-order valence-electron chi connectivity index (χ3n) is 7.39. The average Bonchev–Trinajstić information content (AvgIpc) is 3.06. The molecule has 0 N–H and O–H groups in total. The number of rotatable bonds is 16. The fourth-order valence-corrected chi connectivity index (χ4v) is 4.81. The maximum Gasteiger partial charge on any atom is 0.432 e. The summed E-state index contributed by atoms with van der Waals surface area (Å²) < 4.78 is 105. The van der Waals surface area contributed by atoms with Gasteiger partial charge in [-0.2, -0.15) is 26.3 Å². The van der Waals surface area contributed by atoms with Gasteiger partial charge in [0.15, 0.2) is 6.10 Å². The molecule has 0 amide bonds. The molecule has 0 aromatic heterocycles. The van der Waals surface area contributed by atoms with E-state index in [1.54, 1.807) is 0 Å². The molecule has 0 saturated carbocycles. The highest BCUT2D eigenvalue weighted by molar-refractivity contribution is 5.83. The number of carbonyl (C=O) groups excluding carboxylic acids is 2. The average molecular weight is 693 g/mol. The molecule has 2 rings (SSSR count). The predicted octanol–water partition coefficient (Wildman–Crippen LogP) is 8.13. The third-order valence-corrected chi connectivity index (χ3v) is 7.39. The fourth-order valence-electron chi connectivity index (χ4n) is 4.81. The van der Waals surface area contributed by atoms with Crippen molar-refractivity contribution in [1.82, 2.24) is 0 Å². The van der Waals surface area contributed by atoms with Gasteiger partial charge >= 0.3 is 24.3 Å². The summed E-state index contributed by atoms with van der Waals surface area (Å²) in [5, 5.41) is 0. The minimum atomic E-state index is -5.19. The standard InChI is InChI=1S/C37H38F6O6/c1-5-7-8-9-19-26-31(49-33(45)35(47-4,37(41,42)43)29-23-16-13-17-24-29)27-20-11-10-18-25-30(6-2)48-32(44)34(46-3,36(38,39)40)28-21-14-12-15-22-28/h6,12-17,20-24,27,30-31H,2,5,7-9,19,26H2,1,3-4H3/b27-20+/t30-,31?,34+,35+/m0/s1. The molecule has 0 fully saturated rings. The summed E-state index contributed by atoms with van der Waals surface area (Å²) in [5.74, 6) is 6.18. The Morgan fingerprint density at radius 2 is 1.24 bits per heavy atom. The zero-order valence-electron chi connectivity index (χ0n) is 27.3. The van der Waals surface area contributed by atoms with E-state index in [4.69, 9.17) is 18.9 Å². The summed E-state index contributed by atoms with van der Waals surface area (Å²) in [5.41, 5.74) is -7.75. The summed E-state index contributed by atoms with van der Waals surface area (Å²) in [6.07, 6.45) is -5.12. The number of ether oxygens (including phenoxy) is 4. The summed E-state index contributed by atoms with van der Waals surface area (Å²) >= 11 is 0. The van der Waals surface area contributed by atoms with Crippen LogP contribution in [-0.2, 0) is 39.7 Å². The van der Waals surface area contributed by atoms with Crippen molar-refractivity contribution in [3.05, 3.63) is 96.6 Å². The SMILES string of the molecule is C=C[C@@H](C#CC#C/C=C/C(CCCCCCC)OC(=O)[C@](OC)(c1ccccc1)C(F)(F)F)OC(=O)[C@](OC)(c1ccccc1)C(F)(F)F. The molecular weight excluding hydrogens is 654 g/mol. The number of halogens is 6. The minimum Gasteiger partial charge on any atom is -0.455 e. The van der Waals surface area contributed by atoms with Gasteiger partial charge in [0.25, 0.3) is 11.2 Å². The van der Waals surface area contributed by atoms with Crippen LogP contribution in [0.5, 0.6) is 0 Å². The largest absolute Gasteiger partial charge is 0.455 e. The van der Waals surface area contributed by atoms with Gasteiger partial charge < -0.3 is 18.9 Å². The van der Waals surface area contributed by atoms with Crippen LogP contribution in [0.3, 0.4) is 0 Å². The Balaban J connectivity index is 2.28. The van der Waals surface area contributed by atoms with Crippen molar-refractivity contribution < 1.29 is 54.9 Å². The van der Waals surface area contributed by atoms with E-state index < -0.39 is 58.8 Å². The van der Waals surface area contributed by atoms with Gasteiger partial charge in [0, 0.05) is 25.3 Å². The van der Waals surface area contributed by atoms with Crippen molar-refractivity contribution in [2.24, 2.45) is 0 Å². The van der Waals surface area contributed by atoms with Gasteiger partial charge in [0.2, 0.25) is 0 Å². The number of benzene rings is 2. The maximum atomic E-state index is 14.4. The van der Waals surface area contributed by atoms with Crippen molar-refractivity contribution in [2.45, 2.75) is 81.2 Å². The Bertz CT molecular complexity index is 1520. The summed E-state index contributed by atoms with van der Waals surface area (Å²) in [6, 6.07) is 12.6. The van der Waals surface area contributed by atoms with E-state index in [0.717, 1.165) is 70.2 Å². The van der Waals surface area contributed by atoms with Crippen molar-refractivity contribution in [2.75, 3.05) is 14.2 Å². The Hall–Kier alpha value is -4.52. The monoisotopic (exact) mass is 692 g/mol. The number of hydrogen-bond acceptors (Lipinski definition) is 6. The van der Waals surface area contributed by atoms with E-state index >= 15 is 0 Å². The molecule has 0 aliphatic carbocycles. The normalized spacial score (nSPS) is 15.3. The second kappa shape index (κ2) is 18.9. The molecule has 0 aliphatic heterocycles. The van der Waals surface area contributed by atoms with Crippen LogP contribution in [0, 0.1) is 23.7 Å². The molecule has 2 aromatic carbocycles. The van der Waals surface area contributed by atoms with Crippen LogP contribution in [0.4, 0.5) is 26.3 Å². The Morgan fingerprint density at radius 3 is 1.69 bits per heavy atom. The second-order valence-electron chi connectivity index (χ2n) is 10.6. The van der Waals surface area contributed by atoms with Crippen molar-refractivity contribution >= 4 is 11.9 Å². The first-order valence-corrected chi connectivity index (χ1v) is 15.3. The van der Waals surface area contributed by atoms with Gasteiger partial charge in [-0.15, -0.1) is 0 Å². The zero-order valence-corrected chi connectivity index (χ0v) is 27.3. The molecule has 2 aromatic rings. The lowest BCUT2D eigenvalue weighted by Gasteiger charge is -2.33. The first kappa shape index (κ1) is 40.7. The van der Waals surface area contributed by atoms with Gasteiger partial charge in [0.05, 0.1) is 0 Å². The number of allylic oxidation sites excluding steroid dienone is 1. The van der Waals surface area contributed by atoms with Crippen molar-refractivity contribution in [3.8, 4) is 23.7 Å². The molecule has 49 heavy (non-hydrogen) atoms. The number of esters is 2. The van der Waals surface area contributed by atoms with Crippen LogP contribution in [0.2, 0.25) is 0 Å². The fraction of sp³-hybridized carbons (Fsp3) is 0.405. The van der Waals surface area contributed by atoms with Gasteiger partial charge in [-0.3, -0.25) is 0 Å². The molecule has 12 heteroatoms. The van der Waals surface area contributed by atoms with E-state index in [1.807, 2.05) is 6.92 Å². The van der Waals surface area contributed by atoms with Crippen LogP contribution >= 0.6 is 0 Å². The number of alkyl halides is 6. The summed E-state index contributed by atoms with van der Waals surface area (Å²) in [6.45, 7) is 5.46. The smallest absolute Gasteiger partial charge is 0.432 e. The molecule has 4 atom stereocenters. The van der Waals surface area contributed by atoms with Gasteiger partial charge in [-0.1, -0.05) is 106 Å². The number of carbonyl (C=O) groups is 2. The molecular formula is C37H38F6O6. The van der Waals surface area contributed by atoms with Crippen LogP contribution in [0.1, 0.15) is 56.6 Å². The quantitative estimate of drug-likeness (QED) is 0.0582. The van der Waals surface area contributed by atoms with Gasteiger partial charge in [-0.25, -0.2) is 9.59 Å². The number of methoxy groups -OCH3 is 2. The molecule has 6 nitrogen and oxygen atoms in total. The van der Waals surface area contributed by atoms with Crippen LogP contribution in [0.15, 0.2) is 85.5 Å². The Morgan fingerprint density at radius 1 is 0.755 bits per heavy atom. The molecule has 0 radical (unpaired) electrons. The van der Waals surface area contributed by atoms with E-state index in [9.17, 15) is 35.9 Å². The highest BCUT2D eigenvalue weighted by Gasteiger charge is 2.65. The molecule has 0 spiro atoms. The van der Waals surface area contributed by atoms with Crippen molar-refractivity contribution in [1.29, 1.82) is 0 Å². The summed E-state index contributed by atoms with van der Waals surface area (Å²) in [4.78, 5) is 26.0. The lowest BCUT2D eigenvalue weighted by molar-refractivity contribution is -0.278. The molecule has 0 aliphatic rings. The highest BCUT2D eigenvalue weighted by atomic mass is 19.4. The minimum absolute atomic E-state index is 0.197. The number of hydrogen-bond donors (Lipinski definition) is 0. The molecule has 0 saturated heterocycles. The van der Waals surface area contributed by atoms with Crippen molar-refractivity contribution in [3.63, 3.8) is 0 Å². The van der Waals surface area contributed by atoms with E-state index in [2.05, 4.69) is 30.3 Å². The highest BCUT2D eigenvalue weighted by Crippen LogP contribution is 2.44. The Kier molecular flexibility index (Phi) is 15.7. The lowest BCUT2D eigenvalue weighted by atomic mass is 9.92. The number of unbranched alkanes of at least 4 members (excludes halogenated alkanes) is 4. The van der Waals surface area contributed by atoms with Crippen LogP contribution < -0.4 is 0 Å². The van der Waals surface area contributed by atoms with E-state index in [-0.39, 0.29) is 6.42 Å². The van der Waals surface area contributed by atoms with Crippen LogP contribution in [0.25, 0.3) is 0 Å². The third kappa shape index (κ3) is 10.2. The summed E-state index contributed by atoms with van der Waals surface area (Å²) in [7, 11) is 1.50. The molecule has 1 unspecified atom stereocenters. The van der Waals surface area contributed by atoms with Gasteiger partial charge in [0.1, 0.15) is 6.10 Å². The lowest BCUT2D eigenvalue weighted by Crippen LogP contribution is -2.52. The van der Waals surface area contributed by atoms with E-state index in [1.165, 1.54) is 48.6 Å². The van der Waals surface area contributed by atoms with Gasteiger partial charge in [-0.05, 0) is 48.8 Å². The zero-order chi connectivity index (χ0) is 36.6. The Labute approximate surface area is 282 Å². The first-order chi connectivity index (χ1) is 23.2. The maximum absolute atomic E-state index is 14.4. The van der Waals surface area contributed by atoms with E-state index in [0.29, 0.717) is 6.42 Å². The predicted molar refractivity (Wildman–Crippen MR) is 170 cm³/mol. The van der Waals surface area contributed by atoms with Crippen LogP contribution in [-0.4, -0.2) is 50.7 Å².